The van der Waals surface area contributed by atoms with Crippen molar-refractivity contribution in [1.29, 1.82) is 0 Å². The average molecular weight is 242 g/mol. The van der Waals surface area contributed by atoms with E-state index in [2.05, 4.69) is 19.2 Å². The number of ether oxygens (including phenoxy) is 1. The molecule has 1 fully saturated rings. The molecule has 4 nitrogen and oxygen atoms in total. The number of carbonyl (C=O) groups is 1. The fourth-order valence-electron chi connectivity index (χ4n) is 2.32. The van der Waals surface area contributed by atoms with Crippen LogP contribution in [0.3, 0.4) is 0 Å². The van der Waals surface area contributed by atoms with Crippen LogP contribution in [0.15, 0.2) is 0 Å². The third-order valence-electron chi connectivity index (χ3n) is 3.39. The summed E-state index contributed by atoms with van der Waals surface area (Å²) in [6, 6.07) is 0. The van der Waals surface area contributed by atoms with E-state index in [9.17, 15) is 4.79 Å². The number of rotatable bonds is 7. The first-order chi connectivity index (χ1) is 8.13. The van der Waals surface area contributed by atoms with Crippen molar-refractivity contribution >= 4 is 5.91 Å². The number of hydrogen-bond acceptors (Lipinski definition) is 3. The van der Waals surface area contributed by atoms with Gasteiger partial charge in [-0.25, -0.2) is 0 Å². The van der Waals surface area contributed by atoms with Gasteiger partial charge in [-0.15, -0.1) is 0 Å². The first kappa shape index (κ1) is 14.5. The summed E-state index contributed by atoms with van der Waals surface area (Å²) < 4.78 is 5.48. The van der Waals surface area contributed by atoms with Crippen molar-refractivity contribution in [3.05, 3.63) is 0 Å². The average Bonchev–Trinajstić information content (AvgIpc) is 2.74. The van der Waals surface area contributed by atoms with Gasteiger partial charge in [-0.05, 0) is 37.1 Å². The zero-order valence-corrected chi connectivity index (χ0v) is 11.1. The maximum absolute atomic E-state index is 11.4. The molecule has 3 N–H and O–H groups in total. The third kappa shape index (κ3) is 5.50. The molecule has 1 aliphatic carbocycles. The molecule has 2 atom stereocenters. The minimum atomic E-state index is -0.0130. The molecule has 0 heterocycles. The lowest BCUT2D eigenvalue weighted by Gasteiger charge is -2.17. The predicted octanol–water partition coefficient (Wildman–Crippen LogP) is 1.15. The Morgan fingerprint density at radius 1 is 1.41 bits per heavy atom. The van der Waals surface area contributed by atoms with Gasteiger partial charge in [0, 0.05) is 6.54 Å². The van der Waals surface area contributed by atoms with Crippen LogP contribution in [0.25, 0.3) is 0 Å². The van der Waals surface area contributed by atoms with Crippen LogP contribution < -0.4 is 11.1 Å². The molecule has 4 heteroatoms. The highest BCUT2D eigenvalue weighted by Gasteiger charge is 2.26. The van der Waals surface area contributed by atoms with Gasteiger partial charge in [0.05, 0.1) is 6.61 Å². The normalized spacial score (nSPS) is 24.2. The SMILES string of the molecule is CC(C)CNC(=O)COCC1CCCC1CN. The number of amides is 1. The largest absolute Gasteiger partial charge is 0.371 e. The second-order valence-electron chi connectivity index (χ2n) is 5.40. The van der Waals surface area contributed by atoms with Crippen LogP contribution in [-0.4, -0.2) is 32.2 Å². The summed E-state index contributed by atoms with van der Waals surface area (Å²) in [4.78, 5) is 11.4. The second kappa shape index (κ2) is 7.67. The van der Waals surface area contributed by atoms with Gasteiger partial charge in [0.1, 0.15) is 6.61 Å². The monoisotopic (exact) mass is 242 g/mol. The lowest BCUT2D eigenvalue weighted by Crippen LogP contribution is -2.32. The Morgan fingerprint density at radius 3 is 2.76 bits per heavy atom. The first-order valence-electron chi connectivity index (χ1n) is 6.68. The molecule has 100 valence electrons. The maximum atomic E-state index is 11.4. The van der Waals surface area contributed by atoms with E-state index in [4.69, 9.17) is 10.5 Å². The van der Waals surface area contributed by atoms with E-state index in [0.29, 0.717) is 24.4 Å². The highest BCUT2D eigenvalue weighted by atomic mass is 16.5. The molecular formula is C13H26N2O2. The molecule has 0 saturated heterocycles. The van der Waals surface area contributed by atoms with E-state index in [1.165, 1.54) is 19.3 Å². The van der Waals surface area contributed by atoms with E-state index >= 15 is 0 Å². The molecule has 0 bridgehead atoms. The topological polar surface area (TPSA) is 64.3 Å². The van der Waals surface area contributed by atoms with Gasteiger partial charge in [-0.1, -0.05) is 20.3 Å². The zero-order valence-electron chi connectivity index (χ0n) is 11.1. The van der Waals surface area contributed by atoms with E-state index in [1.54, 1.807) is 0 Å². The van der Waals surface area contributed by atoms with Crippen LogP contribution in [0.4, 0.5) is 0 Å². The lowest BCUT2D eigenvalue weighted by molar-refractivity contribution is -0.126. The van der Waals surface area contributed by atoms with Gasteiger partial charge in [0.15, 0.2) is 0 Å². The Hall–Kier alpha value is -0.610. The molecule has 1 rings (SSSR count). The standard InChI is InChI=1S/C13H26N2O2/c1-10(2)7-15-13(16)9-17-8-12-5-3-4-11(12)6-14/h10-12H,3-9,14H2,1-2H3,(H,15,16). The molecule has 2 unspecified atom stereocenters. The van der Waals surface area contributed by atoms with Gasteiger partial charge < -0.3 is 15.8 Å². The molecule has 0 aromatic heterocycles. The van der Waals surface area contributed by atoms with E-state index in [0.717, 1.165) is 13.1 Å². The second-order valence-corrected chi connectivity index (χ2v) is 5.40. The smallest absolute Gasteiger partial charge is 0.246 e. The Balaban J connectivity index is 2.08. The maximum Gasteiger partial charge on any atom is 0.246 e. The van der Waals surface area contributed by atoms with E-state index < -0.39 is 0 Å². The van der Waals surface area contributed by atoms with Crippen LogP contribution in [-0.2, 0) is 9.53 Å². The van der Waals surface area contributed by atoms with Crippen molar-refractivity contribution in [3.63, 3.8) is 0 Å². The van der Waals surface area contributed by atoms with E-state index in [-0.39, 0.29) is 12.5 Å². The number of hydrogen-bond donors (Lipinski definition) is 2. The van der Waals surface area contributed by atoms with Crippen LogP contribution in [0.5, 0.6) is 0 Å². The van der Waals surface area contributed by atoms with Gasteiger partial charge in [-0.2, -0.15) is 0 Å². The summed E-state index contributed by atoms with van der Waals surface area (Å²) in [5.74, 6) is 1.61. The van der Waals surface area contributed by atoms with Crippen molar-refractivity contribution in [2.45, 2.75) is 33.1 Å². The molecular weight excluding hydrogens is 216 g/mol. The van der Waals surface area contributed by atoms with E-state index in [1.807, 2.05) is 0 Å². The lowest BCUT2D eigenvalue weighted by atomic mass is 9.97. The van der Waals surface area contributed by atoms with Crippen LogP contribution in [0.1, 0.15) is 33.1 Å². The summed E-state index contributed by atoms with van der Waals surface area (Å²) in [6.07, 6.45) is 3.65. The predicted molar refractivity (Wildman–Crippen MR) is 68.6 cm³/mol. The van der Waals surface area contributed by atoms with Crippen LogP contribution in [0, 0.1) is 17.8 Å². The summed E-state index contributed by atoms with van der Waals surface area (Å²) in [5, 5.41) is 2.84. The van der Waals surface area contributed by atoms with Gasteiger partial charge in [0.25, 0.3) is 0 Å². The van der Waals surface area contributed by atoms with Crippen molar-refractivity contribution in [3.8, 4) is 0 Å². The minimum Gasteiger partial charge on any atom is -0.371 e. The summed E-state index contributed by atoms with van der Waals surface area (Å²) in [5.41, 5.74) is 5.70. The molecule has 0 aromatic carbocycles. The first-order valence-corrected chi connectivity index (χ1v) is 6.68. The molecule has 0 spiro atoms. The Kier molecular flexibility index (Phi) is 6.52. The summed E-state index contributed by atoms with van der Waals surface area (Å²) in [6.45, 7) is 6.47. The zero-order chi connectivity index (χ0) is 12.7. The quantitative estimate of drug-likeness (QED) is 0.704. The fourth-order valence-corrected chi connectivity index (χ4v) is 2.32. The highest BCUT2D eigenvalue weighted by Crippen LogP contribution is 2.30. The van der Waals surface area contributed by atoms with Crippen molar-refractivity contribution in [2.24, 2.45) is 23.5 Å². The molecule has 1 saturated carbocycles. The Bertz CT molecular complexity index is 231. The summed E-state index contributed by atoms with van der Waals surface area (Å²) >= 11 is 0. The Morgan fingerprint density at radius 2 is 2.12 bits per heavy atom. The molecule has 1 amide bonds. The van der Waals surface area contributed by atoms with Crippen molar-refractivity contribution in [1.82, 2.24) is 5.32 Å². The third-order valence-corrected chi connectivity index (χ3v) is 3.39. The number of carbonyl (C=O) groups excluding carboxylic acids is 1. The van der Waals surface area contributed by atoms with Crippen molar-refractivity contribution < 1.29 is 9.53 Å². The molecule has 0 aliphatic heterocycles. The molecule has 17 heavy (non-hydrogen) atoms. The number of nitrogens with two attached hydrogens (primary N) is 1. The minimum absolute atomic E-state index is 0.0130. The number of nitrogens with one attached hydrogen (secondary N) is 1. The molecule has 0 radical (unpaired) electrons. The summed E-state index contributed by atoms with van der Waals surface area (Å²) in [7, 11) is 0. The molecule has 0 aromatic rings. The highest BCUT2D eigenvalue weighted by molar-refractivity contribution is 5.77. The molecule has 1 aliphatic rings. The van der Waals surface area contributed by atoms with Crippen LogP contribution in [0.2, 0.25) is 0 Å². The fraction of sp³-hybridized carbons (Fsp3) is 0.923. The van der Waals surface area contributed by atoms with Crippen molar-refractivity contribution in [2.75, 3.05) is 26.3 Å². The van der Waals surface area contributed by atoms with Gasteiger partial charge in [-0.3, -0.25) is 4.79 Å². The van der Waals surface area contributed by atoms with Gasteiger partial charge >= 0.3 is 0 Å². The van der Waals surface area contributed by atoms with Crippen LogP contribution >= 0.6 is 0 Å². The van der Waals surface area contributed by atoms with Gasteiger partial charge in [0.2, 0.25) is 5.91 Å². The Labute approximate surface area is 104 Å².